The minimum absolute atomic E-state index is 0.234. The highest BCUT2D eigenvalue weighted by Crippen LogP contribution is 2.37. The van der Waals surface area contributed by atoms with Crippen molar-refractivity contribution < 1.29 is 13.9 Å². The van der Waals surface area contributed by atoms with Crippen LogP contribution in [0.2, 0.25) is 0 Å². The van der Waals surface area contributed by atoms with Crippen LogP contribution in [0.4, 0.5) is 4.39 Å². The number of halogens is 2. The molecule has 0 aliphatic heterocycles. The summed E-state index contributed by atoms with van der Waals surface area (Å²) in [6, 6.07) is 4.90. The molecule has 1 aliphatic carbocycles. The summed E-state index contributed by atoms with van der Waals surface area (Å²) in [5, 5.41) is 3.10. The average molecular weight is 316 g/mol. The first-order chi connectivity index (χ1) is 8.57. The van der Waals surface area contributed by atoms with Crippen LogP contribution in [0.15, 0.2) is 22.7 Å². The van der Waals surface area contributed by atoms with Gasteiger partial charge in [-0.25, -0.2) is 4.39 Å². The molecule has 0 amide bonds. The van der Waals surface area contributed by atoms with Gasteiger partial charge in [-0.15, -0.1) is 0 Å². The topological polar surface area (TPSA) is 38.3 Å². The minimum Gasteiger partial charge on any atom is -0.465 e. The van der Waals surface area contributed by atoms with Crippen molar-refractivity contribution in [3.05, 3.63) is 34.1 Å². The molecular weight excluding hydrogens is 301 g/mol. The molecule has 0 unspecified atom stereocenters. The Balaban J connectivity index is 1.97. The van der Waals surface area contributed by atoms with Crippen LogP contribution in [-0.2, 0) is 16.1 Å². The van der Waals surface area contributed by atoms with Gasteiger partial charge in [0.15, 0.2) is 0 Å². The summed E-state index contributed by atoms with van der Waals surface area (Å²) >= 11 is 3.21. The molecule has 0 saturated heterocycles. The molecule has 1 saturated carbocycles. The molecule has 5 heteroatoms. The van der Waals surface area contributed by atoms with Crippen molar-refractivity contribution in [2.24, 2.45) is 0 Å². The molecule has 3 nitrogen and oxygen atoms in total. The number of carbonyl (C=O) groups excluding carboxylic acids is 1. The van der Waals surface area contributed by atoms with Crippen molar-refractivity contribution in [2.75, 3.05) is 6.61 Å². The van der Waals surface area contributed by atoms with Gasteiger partial charge < -0.3 is 4.74 Å². The third kappa shape index (κ3) is 2.90. The summed E-state index contributed by atoms with van der Waals surface area (Å²) in [4.78, 5) is 11.7. The van der Waals surface area contributed by atoms with Crippen LogP contribution in [0, 0.1) is 5.82 Å². The van der Waals surface area contributed by atoms with E-state index in [0.29, 0.717) is 23.2 Å². The predicted molar refractivity (Wildman–Crippen MR) is 69.5 cm³/mol. The zero-order chi connectivity index (χ0) is 13.2. The second-order valence-corrected chi connectivity index (χ2v) is 5.31. The molecule has 2 rings (SSSR count). The van der Waals surface area contributed by atoms with Gasteiger partial charge in [0.05, 0.1) is 6.61 Å². The second kappa shape index (κ2) is 5.36. The minimum atomic E-state index is -0.588. The molecule has 0 aromatic heterocycles. The highest BCUT2D eigenvalue weighted by atomic mass is 79.9. The summed E-state index contributed by atoms with van der Waals surface area (Å²) in [5.74, 6) is -0.515. The lowest BCUT2D eigenvalue weighted by molar-refractivity contribution is -0.147. The molecule has 1 N–H and O–H groups in total. The lowest BCUT2D eigenvalue weighted by Gasteiger charge is -2.16. The summed E-state index contributed by atoms with van der Waals surface area (Å²) in [5.41, 5.74) is -0.0380. The van der Waals surface area contributed by atoms with E-state index in [-0.39, 0.29) is 11.8 Å². The number of esters is 1. The fraction of sp³-hybridized carbons (Fsp3) is 0.462. The Labute approximate surface area is 114 Å². The molecule has 0 spiro atoms. The van der Waals surface area contributed by atoms with E-state index >= 15 is 0 Å². The number of rotatable bonds is 5. The van der Waals surface area contributed by atoms with Crippen LogP contribution in [0.3, 0.4) is 0 Å². The van der Waals surface area contributed by atoms with E-state index in [4.69, 9.17) is 4.74 Å². The number of carbonyl (C=O) groups is 1. The molecule has 0 bridgehead atoms. The number of hydrogen-bond donors (Lipinski definition) is 1. The van der Waals surface area contributed by atoms with Crippen molar-refractivity contribution in [1.29, 1.82) is 0 Å². The largest absolute Gasteiger partial charge is 0.465 e. The first-order valence-electron chi connectivity index (χ1n) is 5.93. The molecule has 1 aromatic carbocycles. The normalized spacial score (nSPS) is 16.4. The van der Waals surface area contributed by atoms with E-state index in [0.717, 1.165) is 12.8 Å². The molecule has 1 fully saturated rings. The fourth-order valence-electron chi connectivity index (χ4n) is 1.78. The van der Waals surface area contributed by atoms with Gasteiger partial charge in [-0.05, 0) is 31.9 Å². The van der Waals surface area contributed by atoms with E-state index in [1.165, 1.54) is 6.07 Å². The third-order valence-corrected chi connectivity index (χ3v) is 3.54. The summed E-state index contributed by atoms with van der Waals surface area (Å²) in [6.07, 6.45) is 1.51. The number of benzene rings is 1. The van der Waals surface area contributed by atoms with Crippen molar-refractivity contribution in [3.63, 3.8) is 0 Å². The predicted octanol–water partition coefficient (Wildman–Crippen LogP) is 2.77. The van der Waals surface area contributed by atoms with Gasteiger partial charge in [0, 0.05) is 16.6 Å². The van der Waals surface area contributed by atoms with E-state index < -0.39 is 5.54 Å². The van der Waals surface area contributed by atoms with E-state index in [9.17, 15) is 9.18 Å². The second-order valence-electron chi connectivity index (χ2n) is 4.39. The Morgan fingerprint density at radius 1 is 1.56 bits per heavy atom. The monoisotopic (exact) mass is 315 g/mol. The van der Waals surface area contributed by atoms with Crippen molar-refractivity contribution in [3.8, 4) is 0 Å². The summed E-state index contributed by atoms with van der Waals surface area (Å²) in [7, 11) is 0. The van der Waals surface area contributed by atoms with Gasteiger partial charge in [0.2, 0.25) is 0 Å². The Morgan fingerprint density at radius 2 is 2.28 bits per heavy atom. The lowest BCUT2D eigenvalue weighted by Crippen LogP contribution is -2.40. The Kier molecular flexibility index (Phi) is 4.02. The molecule has 0 radical (unpaired) electrons. The van der Waals surface area contributed by atoms with Crippen molar-refractivity contribution in [2.45, 2.75) is 31.8 Å². The smallest absolute Gasteiger partial charge is 0.326 e. The van der Waals surface area contributed by atoms with Crippen molar-refractivity contribution >= 4 is 21.9 Å². The maximum Gasteiger partial charge on any atom is 0.326 e. The maximum atomic E-state index is 13.6. The highest BCUT2D eigenvalue weighted by molar-refractivity contribution is 9.10. The van der Waals surface area contributed by atoms with Crippen molar-refractivity contribution in [1.82, 2.24) is 5.32 Å². The average Bonchev–Trinajstić information content (AvgIpc) is 3.09. The summed E-state index contributed by atoms with van der Waals surface area (Å²) in [6.45, 7) is 2.48. The van der Waals surface area contributed by atoms with Gasteiger partial charge in [-0.3, -0.25) is 10.1 Å². The number of hydrogen-bond acceptors (Lipinski definition) is 3. The molecule has 18 heavy (non-hydrogen) atoms. The van der Waals surface area contributed by atoms with E-state index in [1.54, 1.807) is 19.1 Å². The van der Waals surface area contributed by atoms with Gasteiger partial charge in [0.1, 0.15) is 11.4 Å². The van der Waals surface area contributed by atoms with Crippen LogP contribution >= 0.6 is 15.9 Å². The first-order valence-corrected chi connectivity index (χ1v) is 6.73. The molecule has 98 valence electrons. The quantitative estimate of drug-likeness (QED) is 0.849. The highest BCUT2D eigenvalue weighted by Gasteiger charge is 2.50. The standard InChI is InChI=1S/C13H15BrFNO2/c1-2-18-12(17)13(5-6-13)16-8-9-3-4-10(14)7-11(9)15/h3-4,7,16H,2,5-6,8H2,1H3. The lowest BCUT2D eigenvalue weighted by atomic mass is 10.2. The van der Waals surface area contributed by atoms with E-state index in [1.807, 2.05) is 0 Å². The van der Waals surface area contributed by atoms with Gasteiger partial charge in [-0.1, -0.05) is 22.0 Å². The Hall–Kier alpha value is -0.940. The number of ether oxygens (including phenoxy) is 1. The van der Waals surface area contributed by atoms with Gasteiger partial charge >= 0.3 is 5.97 Å². The zero-order valence-electron chi connectivity index (χ0n) is 10.1. The zero-order valence-corrected chi connectivity index (χ0v) is 11.7. The molecular formula is C13H15BrFNO2. The first kappa shape index (κ1) is 13.5. The van der Waals surface area contributed by atoms with Crippen LogP contribution in [0.5, 0.6) is 0 Å². The van der Waals surface area contributed by atoms with Crippen LogP contribution in [-0.4, -0.2) is 18.1 Å². The third-order valence-electron chi connectivity index (χ3n) is 3.05. The fourth-order valence-corrected chi connectivity index (χ4v) is 2.11. The van der Waals surface area contributed by atoms with E-state index in [2.05, 4.69) is 21.2 Å². The molecule has 1 aliphatic rings. The van der Waals surface area contributed by atoms with Crippen LogP contribution < -0.4 is 5.32 Å². The number of nitrogens with one attached hydrogen (secondary N) is 1. The molecule has 0 atom stereocenters. The van der Waals surface area contributed by atoms with Crippen LogP contribution in [0.1, 0.15) is 25.3 Å². The maximum absolute atomic E-state index is 13.6. The van der Waals surface area contributed by atoms with Gasteiger partial charge in [0.25, 0.3) is 0 Å². The van der Waals surface area contributed by atoms with Crippen LogP contribution in [0.25, 0.3) is 0 Å². The Bertz CT molecular complexity index is 460. The molecule has 0 heterocycles. The molecule has 1 aromatic rings. The SMILES string of the molecule is CCOC(=O)C1(NCc2ccc(Br)cc2F)CC1. The summed E-state index contributed by atoms with van der Waals surface area (Å²) < 4.78 is 19.3. The Morgan fingerprint density at radius 3 is 2.83 bits per heavy atom. The van der Waals surface area contributed by atoms with Gasteiger partial charge in [-0.2, -0.15) is 0 Å².